The molecule has 0 aromatic carbocycles. The summed E-state index contributed by atoms with van der Waals surface area (Å²) in [4.78, 5) is 51.9. The Labute approximate surface area is 172 Å². The van der Waals surface area contributed by atoms with Crippen LogP contribution in [0.3, 0.4) is 0 Å². The van der Waals surface area contributed by atoms with Crippen LogP contribution >= 0.6 is 0 Å². The van der Waals surface area contributed by atoms with E-state index in [-0.39, 0.29) is 23.9 Å². The lowest BCUT2D eigenvalue weighted by Crippen LogP contribution is -2.60. The monoisotopic (exact) mass is 410 g/mol. The lowest BCUT2D eigenvalue weighted by atomic mass is 9.86. The molecule has 164 valence electrons. The van der Waals surface area contributed by atoms with E-state index in [1.165, 1.54) is 17.7 Å². The van der Waals surface area contributed by atoms with Crippen molar-refractivity contribution in [1.82, 2.24) is 19.6 Å². The van der Waals surface area contributed by atoms with Gasteiger partial charge in [-0.15, -0.1) is 0 Å². The molecule has 3 fully saturated rings. The number of likely N-dealkylation sites (N-methyl/N-ethyl adjacent to an activating group) is 1. The zero-order valence-corrected chi connectivity index (χ0v) is 17.8. The molecule has 0 radical (unpaired) electrons. The van der Waals surface area contributed by atoms with E-state index < -0.39 is 5.97 Å². The molecular formula is C20H34N4O5. The van der Waals surface area contributed by atoms with Crippen molar-refractivity contribution in [3.8, 4) is 0 Å². The number of aliphatic carboxylic acids is 1. The summed E-state index contributed by atoms with van der Waals surface area (Å²) in [5, 5.41) is 8.85. The zero-order valence-electron chi connectivity index (χ0n) is 17.8. The van der Waals surface area contributed by atoms with Gasteiger partial charge in [-0.25, -0.2) is 0 Å². The summed E-state index contributed by atoms with van der Waals surface area (Å²) in [5.74, 6) is -0.873. The maximum Gasteiger partial charge on any atom is 0.323 e. The molecule has 29 heavy (non-hydrogen) atoms. The van der Waals surface area contributed by atoms with Gasteiger partial charge < -0.3 is 19.8 Å². The highest BCUT2D eigenvalue weighted by atomic mass is 16.4. The van der Waals surface area contributed by atoms with Gasteiger partial charge in [0, 0.05) is 57.6 Å². The fourth-order valence-electron chi connectivity index (χ4n) is 4.55. The van der Waals surface area contributed by atoms with Crippen LogP contribution < -0.4 is 0 Å². The first-order valence-corrected chi connectivity index (χ1v) is 10.4. The Morgan fingerprint density at radius 2 is 1.93 bits per heavy atom. The topological polar surface area (TPSA) is 101 Å². The van der Waals surface area contributed by atoms with Gasteiger partial charge in [0.25, 0.3) is 0 Å². The maximum absolute atomic E-state index is 12.0. The Morgan fingerprint density at radius 3 is 2.45 bits per heavy atom. The molecule has 3 heterocycles. The lowest BCUT2D eigenvalue weighted by Gasteiger charge is -2.48. The Morgan fingerprint density at radius 1 is 1.21 bits per heavy atom. The zero-order chi connectivity index (χ0) is 21.6. The number of likely N-dealkylation sites (tertiary alicyclic amines) is 2. The number of carbonyl (C=O) groups excluding carboxylic acids is 3. The molecule has 0 aromatic heterocycles. The number of rotatable bonds is 3. The quantitative estimate of drug-likeness (QED) is 0.669. The second-order valence-electron chi connectivity index (χ2n) is 8.38. The predicted octanol–water partition coefficient (Wildman–Crippen LogP) is 0.243. The van der Waals surface area contributed by atoms with Crippen molar-refractivity contribution in [1.29, 1.82) is 0 Å². The highest BCUT2D eigenvalue weighted by Gasteiger charge is 2.42. The van der Waals surface area contributed by atoms with Crippen LogP contribution in [0.15, 0.2) is 0 Å². The van der Waals surface area contributed by atoms with Crippen molar-refractivity contribution < 1.29 is 24.3 Å². The Bertz CT molecular complexity index is 628. The van der Waals surface area contributed by atoms with Gasteiger partial charge >= 0.3 is 5.97 Å². The SMILES string of the molecule is CC(=O)N1CCCC1C.CN1CCN(C=O)CC12CCC(=O)N(CC(=O)O)CC2. The van der Waals surface area contributed by atoms with Gasteiger partial charge in [0.05, 0.1) is 0 Å². The third-order valence-corrected chi connectivity index (χ3v) is 6.47. The Kier molecular flexibility index (Phi) is 8.01. The normalized spacial score (nSPS) is 28.0. The number of carboxylic acid groups (broad SMARTS) is 1. The lowest BCUT2D eigenvalue weighted by molar-refractivity contribution is -0.144. The minimum atomic E-state index is -0.985. The van der Waals surface area contributed by atoms with Crippen LogP contribution in [0, 0.1) is 0 Å². The number of nitrogens with zero attached hydrogens (tertiary/aromatic N) is 4. The average Bonchev–Trinajstić information content (AvgIpc) is 3.05. The van der Waals surface area contributed by atoms with Crippen molar-refractivity contribution in [3.05, 3.63) is 0 Å². The number of carboxylic acids is 1. The van der Waals surface area contributed by atoms with E-state index in [0.29, 0.717) is 44.9 Å². The van der Waals surface area contributed by atoms with E-state index in [1.54, 1.807) is 11.8 Å². The van der Waals surface area contributed by atoms with Gasteiger partial charge in [-0.05, 0) is 39.7 Å². The van der Waals surface area contributed by atoms with Crippen molar-refractivity contribution in [2.45, 2.75) is 57.5 Å². The Balaban J connectivity index is 0.000000278. The molecule has 3 amide bonds. The third-order valence-electron chi connectivity index (χ3n) is 6.47. The van der Waals surface area contributed by atoms with Crippen LogP contribution in [0.5, 0.6) is 0 Å². The third kappa shape index (κ3) is 5.91. The molecule has 0 bridgehead atoms. The fourth-order valence-corrected chi connectivity index (χ4v) is 4.55. The van der Waals surface area contributed by atoms with E-state index in [1.807, 2.05) is 11.9 Å². The molecule has 0 saturated carbocycles. The highest BCUT2D eigenvalue weighted by molar-refractivity contribution is 5.81. The van der Waals surface area contributed by atoms with Crippen LogP contribution in [-0.4, -0.2) is 107 Å². The number of piperazine rings is 1. The van der Waals surface area contributed by atoms with E-state index in [4.69, 9.17) is 5.11 Å². The standard InChI is InChI=1S/C13H21N3O4.C7H13NO/c1-14-6-7-15(10-17)9-13(14)3-2-11(18)16(5-4-13)8-12(19)20;1-6-4-3-5-8(6)7(2)9/h10H,2-9H2,1H3,(H,19,20);6H,3-5H2,1-2H3. The number of hydrogen-bond donors (Lipinski definition) is 1. The van der Waals surface area contributed by atoms with Gasteiger partial charge in [0.2, 0.25) is 18.2 Å². The smallest absolute Gasteiger partial charge is 0.323 e. The summed E-state index contributed by atoms with van der Waals surface area (Å²) in [7, 11) is 2.01. The van der Waals surface area contributed by atoms with Crippen LogP contribution in [0.1, 0.15) is 46.0 Å². The van der Waals surface area contributed by atoms with Crippen LogP contribution in [0.25, 0.3) is 0 Å². The highest BCUT2D eigenvalue weighted by Crippen LogP contribution is 2.31. The molecule has 1 spiro atoms. The molecular weight excluding hydrogens is 376 g/mol. The van der Waals surface area contributed by atoms with Gasteiger partial charge in [-0.3, -0.25) is 24.1 Å². The van der Waals surface area contributed by atoms with E-state index >= 15 is 0 Å². The van der Waals surface area contributed by atoms with E-state index in [0.717, 1.165) is 19.5 Å². The van der Waals surface area contributed by atoms with Gasteiger partial charge in [-0.1, -0.05) is 0 Å². The first kappa shape index (κ1) is 23.1. The summed E-state index contributed by atoms with van der Waals surface area (Å²) in [6, 6.07) is 0.488. The predicted molar refractivity (Wildman–Crippen MR) is 107 cm³/mol. The first-order chi connectivity index (χ1) is 13.7. The maximum atomic E-state index is 12.0. The van der Waals surface area contributed by atoms with Crippen molar-refractivity contribution >= 4 is 24.2 Å². The van der Waals surface area contributed by atoms with Crippen molar-refractivity contribution in [2.24, 2.45) is 0 Å². The Hall–Kier alpha value is -2.16. The van der Waals surface area contributed by atoms with Gasteiger partial charge in [0.1, 0.15) is 6.54 Å². The van der Waals surface area contributed by atoms with Crippen molar-refractivity contribution in [2.75, 3.05) is 46.3 Å². The molecule has 2 atom stereocenters. The van der Waals surface area contributed by atoms with Crippen LogP contribution in [0.4, 0.5) is 0 Å². The minimum absolute atomic E-state index is 0.110. The number of hydrogen-bond acceptors (Lipinski definition) is 5. The molecule has 9 heteroatoms. The molecule has 3 saturated heterocycles. The molecule has 3 aliphatic heterocycles. The van der Waals surface area contributed by atoms with Crippen molar-refractivity contribution in [3.63, 3.8) is 0 Å². The van der Waals surface area contributed by atoms with E-state index in [2.05, 4.69) is 11.8 Å². The summed E-state index contributed by atoms with van der Waals surface area (Å²) < 4.78 is 0. The largest absolute Gasteiger partial charge is 0.480 e. The molecule has 2 unspecified atom stereocenters. The second-order valence-corrected chi connectivity index (χ2v) is 8.38. The fraction of sp³-hybridized carbons (Fsp3) is 0.800. The number of amides is 3. The second kappa shape index (κ2) is 10.0. The summed E-state index contributed by atoms with van der Waals surface area (Å²) in [6.45, 7) is 7.01. The molecule has 3 rings (SSSR count). The summed E-state index contributed by atoms with van der Waals surface area (Å²) >= 11 is 0. The van der Waals surface area contributed by atoms with Gasteiger partial charge in [-0.2, -0.15) is 0 Å². The molecule has 0 aromatic rings. The van der Waals surface area contributed by atoms with Crippen LogP contribution in [0.2, 0.25) is 0 Å². The first-order valence-electron chi connectivity index (χ1n) is 10.4. The molecule has 1 N–H and O–H groups in total. The molecule has 3 aliphatic rings. The van der Waals surface area contributed by atoms with Gasteiger partial charge in [0.15, 0.2) is 0 Å². The summed E-state index contributed by atoms with van der Waals surface area (Å²) in [5.41, 5.74) is -0.206. The molecule has 0 aliphatic carbocycles. The number of carbonyl (C=O) groups is 4. The molecule has 9 nitrogen and oxygen atoms in total. The van der Waals surface area contributed by atoms with E-state index in [9.17, 15) is 19.2 Å². The summed E-state index contributed by atoms with van der Waals surface area (Å²) in [6.07, 6.45) is 4.93. The average molecular weight is 411 g/mol. The minimum Gasteiger partial charge on any atom is -0.480 e. The van der Waals surface area contributed by atoms with Crippen LogP contribution in [-0.2, 0) is 19.2 Å².